The van der Waals surface area contributed by atoms with Gasteiger partial charge in [-0.05, 0) is 70.1 Å². The van der Waals surface area contributed by atoms with Gasteiger partial charge >= 0.3 is 0 Å². The molecule has 4 heteroatoms. The summed E-state index contributed by atoms with van der Waals surface area (Å²) in [6.07, 6.45) is 8.11. The van der Waals surface area contributed by atoms with Gasteiger partial charge in [-0.3, -0.25) is 9.79 Å². The van der Waals surface area contributed by atoms with Crippen molar-refractivity contribution in [1.29, 1.82) is 0 Å². The molecule has 19 heavy (non-hydrogen) atoms. The van der Waals surface area contributed by atoms with Crippen LogP contribution in [0.25, 0.3) is 0 Å². The van der Waals surface area contributed by atoms with E-state index in [9.17, 15) is 4.79 Å². The van der Waals surface area contributed by atoms with Crippen molar-refractivity contribution in [2.75, 3.05) is 0 Å². The van der Waals surface area contributed by atoms with Gasteiger partial charge in [0.1, 0.15) is 0 Å². The van der Waals surface area contributed by atoms with E-state index in [4.69, 9.17) is 4.99 Å². The van der Waals surface area contributed by atoms with Gasteiger partial charge in [0.15, 0.2) is 5.17 Å². The summed E-state index contributed by atoms with van der Waals surface area (Å²) in [7, 11) is 0. The topological polar surface area (TPSA) is 41.5 Å². The highest BCUT2D eigenvalue weighted by Crippen LogP contribution is 2.57. The molecule has 0 atom stereocenters. The third-order valence-electron chi connectivity index (χ3n) is 5.46. The van der Waals surface area contributed by atoms with Gasteiger partial charge in [0.2, 0.25) is 5.91 Å². The Balaban J connectivity index is 1.61. The Morgan fingerprint density at radius 1 is 1.11 bits per heavy atom. The zero-order chi connectivity index (χ0) is 13.3. The summed E-state index contributed by atoms with van der Waals surface area (Å²) in [5.74, 6) is 2.84. The fraction of sp³-hybridized carbons (Fsp3) is 0.867. The molecule has 0 unspecified atom stereocenters. The molecule has 5 fully saturated rings. The molecule has 5 rings (SSSR count). The van der Waals surface area contributed by atoms with E-state index >= 15 is 0 Å². The molecule has 0 aromatic carbocycles. The molecule has 1 heterocycles. The van der Waals surface area contributed by atoms with Crippen molar-refractivity contribution < 1.29 is 4.79 Å². The largest absolute Gasteiger partial charge is 0.304 e. The Morgan fingerprint density at radius 2 is 1.63 bits per heavy atom. The van der Waals surface area contributed by atoms with Crippen LogP contribution in [0.2, 0.25) is 0 Å². The minimum absolute atomic E-state index is 0.112. The molecule has 0 aromatic rings. The molecular formula is C15H22N2OS. The van der Waals surface area contributed by atoms with E-state index < -0.39 is 0 Å². The first-order valence-corrected chi connectivity index (χ1v) is 8.36. The number of amidine groups is 1. The Labute approximate surface area is 119 Å². The van der Waals surface area contributed by atoms with Crippen LogP contribution in [0.5, 0.6) is 0 Å². The lowest BCUT2D eigenvalue weighted by atomic mass is 9.53. The Bertz CT molecular complexity index is 433. The molecule has 1 saturated heterocycles. The number of carbonyl (C=O) groups is 1. The highest BCUT2D eigenvalue weighted by atomic mass is 32.2. The van der Waals surface area contributed by atoms with E-state index in [2.05, 4.69) is 5.32 Å². The van der Waals surface area contributed by atoms with E-state index in [-0.39, 0.29) is 16.2 Å². The summed E-state index contributed by atoms with van der Waals surface area (Å²) in [5, 5.41) is 3.88. The van der Waals surface area contributed by atoms with Crippen LogP contribution < -0.4 is 5.32 Å². The maximum Gasteiger partial charge on any atom is 0.242 e. The van der Waals surface area contributed by atoms with Crippen molar-refractivity contribution in [3.05, 3.63) is 0 Å². The number of nitrogens with zero attached hydrogens (tertiary/aromatic N) is 1. The second-order valence-corrected chi connectivity index (χ2v) is 9.24. The first kappa shape index (κ1) is 12.2. The van der Waals surface area contributed by atoms with Crippen LogP contribution in [0.1, 0.15) is 52.4 Å². The van der Waals surface area contributed by atoms with Gasteiger partial charge in [-0.2, -0.15) is 0 Å². The second-order valence-electron chi connectivity index (χ2n) is 7.63. The standard InChI is InChI=1S/C15H22N2OS/c1-14(2)12(18)16-13(19-14)17-15-6-9-3-10(7-15)5-11(4-9)8-15/h9-11H,3-8H2,1-2H3,(H,16,17,18). The normalized spacial score (nSPS) is 48.8. The summed E-state index contributed by atoms with van der Waals surface area (Å²) in [6, 6.07) is 0. The van der Waals surface area contributed by atoms with Gasteiger partial charge < -0.3 is 5.32 Å². The first-order valence-electron chi connectivity index (χ1n) is 7.54. The van der Waals surface area contributed by atoms with Crippen LogP contribution in [0.4, 0.5) is 0 Å². The van der Waals surface area contributed by atoms with Crippen molar-refractivity contribution in [2.24, 2.45) is 22.7 Å². The van der Waals surface area contributed by atoms with Gasteiger partial charge in [-0.1, -0.05) is 11.8 Å². The first-order chi connectivity index (χ1) is 8.94. The van der Waals surface area contributed by atoms with Crippen LogP contribution in [0, 0.1) is 17.8 Å². The quantitative estimate of drug-likeness (QED) is 0.801. The van der Waals surface area contributed by atoms with Crippen LogP contribution in [-0.4, -0.2) is 21.4 Å². The number of thioether (sulfide) groups is 1. The molecule has 5 aliphatic rings. The lowest BCUT2D eigenvalue weighted by Crippen LogP contribution is -2.50. The summed E-state index contributed by atoms with van der Waals surface area (Å²) >= 11 is 1.61. The maximum atomic E-state index is 11.9. The predicted octanol–water partition coefficient (Wildman–Crippen LogP) is 2.95. The van der Waals surface area contributed by atoms with E-state index in [1.807, 2.05) is 13.8 Å². The fourth-order valence-corrected chi connectivity index (χ4v) is 6.04. The van der Waals surface area contributed by atoms with Crippen molar-refractivity contribution in [3.63, 3.8) is 0 Å². The number of rotatable bonds is 1. The molecular weight excluding hydrogens is 256 g/mol. The molecule has 1 N–H and O–H groups in total. The van der Waals surface area contributed by atoms with Crippen LogP contribution >= 0.6 is 11.8 Å². The minimum atomic E-state index is -0.346. The average molecular weight is 278 g/mol. The van der Waals surface area contributed by atoms with Crippen molar-refractivity contribution in [2.45, 2.75) is 62.7 Å². The highest BCUT2D eigenvalue weighted by Gasteiger charge is 2.52. The van der Waals surface area contributed by atoms with Gasteiger partial charge in [-0.15, -0.1) is 0 Å². The highest BCUT2D eigenvalue weighted by molar-refractivity contribution is 8.16. The zero-order valence-corrected chi connectivity index (χ0v) is 12.6. The summed E-state index contributed by atoms with van der Waals surface area (Å²) < 4.78 is -0.346. The molecule has 104 valence electrons. The van der Waals surface area contributed by atoms with Crippen LogP contribution in [0.15, 0.2) is 4.99 Å². The molecule has 4 bridgehead atoms. The third kappa shape index (κ3) is 1.94. The Hall–Kier alpha value is -0.510. The number of hydrogen-bond donors (Lipinski definition) is 1. The lowest BCUT2D eigenvalue weighted by Gasteiger charge is -2.55. The lowest BCUT2D eigenvalue weighted by molar-refractivity contribution is -0.120. The van der Waals surface area contributed by atoms with Gasteiger partial charge in [0, 0.05) is 0 Å². The molecule has 1 aliphatic heterocycles. The predicted molar refractivity (Wildman–Crippen MR) is 78.2 cm³/mol. The van der Waals surface area contributed by atoms with Gasteiger partial charge in [0.05, 0.1) is 10.3 Å². The summed E-state index contributed by atoms with van der Waals surface area (Å²) in [6.45, 7) is 3.96. The average Bonchev–Trinajstić information content (AvgIpc) is 2.48. The molecule has 4 saturated carbocycles. The maximum absolute atomic E-state index is 11.9. The van der Waals surface area contributed by atoms with Crippen molar-refractivity contribution >= 4 is 22.8 Å². The molecule has 0 spiro atoms. The van der Waals surface area contributed by atoms with E-state index in [1.165, 1.54) is 38.5 Å². The smallest absolute Gasteiger partial charge is 0.242 e. The van der Waals surface area contributed by atoms with E-state index in [1.54, 1.807) is 11.8 Å². The SMILES string of the molecule is CC1(C)SC(=NC23CC4CC(CC(C4)C2)C3)NC1=O. The van der Waals surface area contributed by atoms with Crippen molar-refractivity contribution in [1.82, 2.24) is 5.32 Å². The monoisotopic (exact) mass is 278 g/mol. The van der Waals surface area contributed by atoms with Crippen LogP contribution in [0.3, 0.4) is 0 Å². The molecule has 3 nitrogen and oxygen atoms in total. The van der Waals surface area contributed by atoms with E-state index in [0.29, 0.717) is 0 Å². The van der Waals surface area contributed by atoms with Gasteiger partial charge in [-0.25, -0.2) is 0 Å². The number of nitrogens with one attached hydrogen (secondary N) is 1. The van der Waals surface area contributed by atoms with Gasteiger partial charge in [0.25, 0.3) is 0 Å². The fourth-order valence-electron chi connectivity index (χ4n) is 5.03. The van der Waals surface area contributed by atoms with E-state index in [0.717, 1.165) is 22.9 Å². The molecule has 0 aromatic heterocycles. The van der Waals surface area contributed by atoms with Crippen molar-refractivity contribution in [3.8, 4) is 0 Å². The molecule has 4 aliphatic carbocycles. The Morgan fingerprint density at radius 3 is 2.05 bits per heavy atom. The molecule has 0 radical (unpaired) electrons. The minimum Gasteiger partial charge on any atom is -0.304 e. The number of hydrogen-bond acceptors (Lipinski definition) is 3. The number of aliphatic imine (C=N–C) groups is 1. The Kier molecular flexibility index (Phi) is 2.43. The summed E-state index contributed by atoms with van der Waals surface area (Å²) in [5.41, 5.74) is 0.171. The summed E-state index contributed by atoms with van der Waals surface area (Å²) in [4.78, 5) is 16.9. The number of amides is 1. The van der Waals surface area contributed by atoms with Crippen LogP contribution in [-0.2, 0) is 4.79 Å². The second kappa shape index (κ2) is 3.78. The molecule has 1 amide bonds. The third-order valence-corrected chi connectivity index (χ3v) is 6.55. The number of carbonyl (C=O) groups excluding carboxylic acids is 1. The zero-order valence-electron chi connectivity index (χ0n) is 11.7.